The fraction of sp³-hybridized carbons (Fsp3) is 0.182. The second kappa shape index (κ2) is 3.72. The second-order valence-corrected chi connectivity index (χ2v) is 3.92. The third-order valence-corrected chi connectivity index (χ3v) is 2.67. The van der Waals surface area contributed by atoms with Gasteiger partial charge in [-0.15, -0.1) is 0 Å². The highest BCUT2D eigenvalue weighted by Crippen LogP contribution is 2.39. The molecule has 0 amide bonds. The molecule has 1 aliphatic rings. The Morgan fingerprint density at radius 3 is 3.12 bits per heavy atom. The lowest BCUT2D eigenvalue weighted by atomic mass is 10.2. The second-order valence-electron chi connectivity index (χ2n) is 3.52. The first kappa shape index (κ1) is 9.54. The summed E-state index contributed by atoms with van der Waals surface area (Å²) in [5.41, 5.74) is 1.04. The maximum absolute atomic E-state index is 6.08. The normalized spacial score (nSPS) is 13.1. The Labute approximate surface area is 97.4 Å². The maximum Gasteiger partial charge on any atom is 0.231 e. The smallest absolute Gasteiger partial charge is 0.231 e. The van der Waals surface area contributed by atoms with Crippen LogP contribution in [0.3, 0.4) is 0 Å². The lowest BCUT2D eigenvalue weighted by Gasteiger charge is -2.05. The van der Waals surface area contributed by atoms with E-state index in [1.54, 1.807) is 6.20 Å². The fourth-order valence-electron chi connectivity index (χ4n) is 1.69. The summed E-state index contributed by atoms with van der Waals surface area (Å²) in [5.74, 6) is 1.33. The molecule has 0 saturated heterocycles. The van der Waals surface area contributed by atoms with Crippen molar-refractivity contribution < 1.29 is 9.47 Å². The van der Waals surface area contributed by atoms with Crippen molar-refractivity contribution in [2.24, 2.45) is 0 Å². The predicted molar refractivity (Wildman–Crippen MR) is 58.9 cm³/mol. The molecule has 2 heterocycles. The number of nitrogens with zero attached hydrogens (tertiary/aromatic N) is 2. The van der Waals surface area contributed by atoms with E-state index >= 15 is 0 Å². The molecule has 1 aromatic carbocycles. The topological polar surface area (TPSA) is 36.3 Å². The predicted octanol–water partition coefficient (Wildman–Crippen LogP) is 2.31. The third kappa shape index (κ3) is 1.61. The van der Waals surface area contributed by atoms with Crippen LogP contribution in [0.15, 0.2) is 30.6 Å². The van der Waals surface area contributed by atoms with Gasteiger partial charge in [0.15, 0.2) is 11.5 Å². The third-order valence-electron chi connectivity index (χ3n) is 2.39. The first-order valence-electron chi connectivity index (χ1n) is 4.88. The van der Waals surface area contributed by atoms with Gasteiger partial charge >= 0.3 is 0 Å². The molecule has 5 heteroatoms. The van der Waals surface area contributed by atoms with E-state index in [4.69, 9.17) is 21.1 Å². The molecule has 0 saturated carbocycles. The molecule has 0 aliphatic carbocycles. The van der Waals surface area contributed by atoms with Crippen LogP contribution >= 0.6 is 11.6 Å². The van der Waals surface area contributed by atoms with Crippen molar-refractivity contribution in [1.29, 1.82) is 0 Å². The molecule has 0 radical (unpaired) electrons. The van der Waals surface area contributed by atoms with E-state index in [1.165, 1.54) is 0 Å². The van der Waals surface area contributed by atoms with E-state index in [9.17, 15) is 0 Å². The number of hydrogen-bond donors (Lipinski definition) is 0. The Kier molecular flexibility index (Phi) is 2.22. The highest BCUT2D eigenvalue weighted by molar-refractivity contribution is 6.32. The molecule has 82 valence electrons. The fourth-order valence-corrected chi connectivity index (χ4v) is 1.98. The van der Waals surface area contributed by atoms with Crippen LogP contribution in [0.4, 0.5) is 0 Å². The minimum Gasteiger partial charge on any atom is -0.454 e. The molecule has 0 N–H and O–H groups in total. The maximum atomic E-state index is 6.08. The number of fused-ring (bicyclic) bond motifs is 1. The van der Waals surface area contributed by atoms with Crippen molar-refractivity contribution >= 4 is 11.6 Å². The van der Waals surface area contributed by atoms with Crippen molar-refractivity contribution in [2.75, 3.05) is 6.79 Å². The van der Waals surface area contributed by atoms with Crippen molar-refractivity contribution in [3.8, 4) is 11.5 Å². The number of aromatic nitrogens is 2. The Hall–Kier alpha value is -1.68. The summed E-state index contributed by atoms with van der Waals surface area (Å²) in [7, 11) is 0. The van der Waals surface area contributed by atoms with Crippen LogP contribution < -0.4 is 9.47 Å². The number of rotatable bonds is 2. The van der Waals surface area contributed by atoms with Crippen LogP contribution in [-0.4, -0.2) is 16.6 Å². The standard InChI is InChI=1S/C11H9ClN2O2/c12-9-4-8(6-14-3-1-2-13-14)5-10-11(9)16-7-15-10/h1-5H,6-7H2. The zero-order chi connectivity index (χ0) is 11.0. The van der Waals surface area contributed by atoms with Crippen LogP contribution in [0.1, 0.15) is 5.56 Å². The van der Waals surface area contributed by atoms with Crippen molar-refractivity contribution in [1.82, 2.24) is 9.78 Å². The van der Waals surface area contributed by atoms with Crippen LogP contribution in [0, 0.1) is 0 Å². The van der Waals surface area contributed by atoms with Crippen LogP contribution in [0.5, 0.6) is 11.5 Å². The lowest BCUT2D eigenvalue weighted by Crippen LogP contribution is -1.99. The number of halogens is 1. The summed E-state index contributed by atoms with van der Waals surface area (Å²) in [5, 5.41) is 4.72. The summed E-state index contributed by atoms with van der Waals surface area (Å²) < 4.78 is 12.4. The zero-order valence-corrected chi connectivity index (χ0v) is 9.15. The van der Waals surface area contributed by atoms with Gasteiger partial charge in [-0.1, -0.05) is 11.6 Å². The zero-order valence-electron chi connectivity index (χ0n) is 8.39. The lowest BCUT2D eigenvalue weighted by molar-refractivity contribution is 0.174. The molecular weight excluding hydrogens is 228 g/mol. The first-order valence-corrected chi connectivity index (χ1v) is 5.26. The van der Waals surface area contributed by atoms with Gasteiger partial charge < -0.3 is 9.47 Å². The SMILES string of the molecule is Clc1cc(Cn2cccn2)cc2c1OCO2. The molecule has 0 fully saturated rings. The average Bonchev–Trinajstić information content (AvgIpc) is 2.87. The largest absolute Gasteiger partial charge is 0.454 e. The number of hydrogen-bond acceptors (Lipinski definition) is 3. The quantitative estimate of drug-likeness (QED) is 0.803. The van der Waals surface area contributed by atoms with Crippen molar-refractivity contribution in [2.45, 2.75) is 6.54 Å². The summed E-state index contributed by atoms with van der Waals surface area (Å²) >= 11 is 6.08. The van der Waals surface area contributed by atoms with E-state index in [0.29, 0.717) is 23.1 Å². The van der Waals surface area contributed by atoms with Crippen molar-refractivity contribution in [3.63, 3.8) is 0 Å². The Bertz CT molecular complexity index is 511. The van der Waals surface area contributed by atoms with Gasteiger partial charge in [-0.3, -0.25) is 4.68 Å². The molecule has 0 spiro atoms. The van der Waals surface area contributed by atoms with Gasteiger partial charge in [0.2, 0.25) is 6.79 Å². The first-order chi connectivity index (χ1) is 7.83. The number of benzene rings is 1. The van der Waals surface area contributed by atoms with Gasteiger partial charge in [-0.05, 0) is 23.8 Å². The summed E-state index contributed by atoms with van der Waals surface area (Å²) in [6.45, 7) is 0.906. The molecule has 4 nitrogen and oxygen atoms in total. The van der Waals surface area contributed by atoms with Crippen LogP contribution in [-0.2, 0) is 6.54 Å². The molecule has 0 atom stereocenters. The van der Waals surface area contributed by atoms with Crippen LogP contribution in [0.25, 0.3) is 0 Å². The van der Waals surface area contributed by atoms with E-state index in [2.05, 4.69) is 5.10 Å². The Morgan fingerprint density at radius 1 is 1.38 bits per heavy atom. The Balaban J connectivity index is 1.94. The van der Waals surface area contributed by atoms with E-state index in [1.807, 2.05) is 29.1 Å². The highest BCUT2D eigenvalue weighted by atomic mass is 35.5. The molecule has 1 aliphatic heterocycles. The van der Waals surface area contributed by atoms with Gasteiger partial charge in [-0.2, -0.15) is 5.10 Å². The molecule has 0 bridgehead atoms. The molecule has 1 aromatic heterocycles. The van der Waals surface area contributed by atoms with Crippen LogP contribution in [0.2, 0.25) is 5.02 Å². The van der Waals surface area contributed by atoms with E-state index in [0.717, 1.165) is 5.56 Å². The minimum atomic E-state index is 0.236. The van der Waals surface area contributed by atoms with E-state index in [-0.39, 0.29) is 6.79 Å². The van der Waals surface area contributed by atoms with Gasteiger partial charge in [0.05, 0.1) is 11.6 Å². The van der Waals surface area contributed by atoms with Crippen molar-refractivity contribution in [3.05, 3.63) is 41.2 Å². The van der Waals surface area contributed by atoms with Gasteiger partial charge in [-0.25, -0.2) is 0 Å². The molecular formula is C11H9ClN2O2. The summed E-state index contributed by atoms with van der Waals surface area (Å²) in [6.07, 6.45) is 3.65. The summed E-state index contributed by atoms with van der Waals surface area (Å²) in [4.78, 5) is 0. The number of ether oxygens (including phenoxy) is 2. The average molecular weight is 237 g/mol. The molecule has 3 rings (SSSR count). The van der Waals surface area contributed by atoms with Gasteiger partial charge in [0.25, 0.3) is 0 Å². The van der Waals surface area contributed by atoms with Gasteiger partial charge in [0.1, 0.15) is 0 Å². The molecule has 16 heavy (non-hydrogen) atoms. The Morgan fingerprint density at radius 2 is 2.31 bits per heavy atom. The minimum absolute atomic E-state index is 0.236. The molecule has 2 aromatic rings. The summed E-state index contributed by atoms with van der Waals surface area (Å²) in [6, 6.07) is 5.68. The van der Waals surface area contributed by atoms with Gasteiger partial charge in [0, 0.05) is 12.4 Å². The van der Waals surface area contributed by atoms with E-state index < -0.39 is 0 Å². The highest BCUT2D eigenvalue weighted by Gasteiger charge is 2.18. The monoisotopic (exact) mass is 236 g/mol. The molecule has 0 unspecified atom stereocenters.